The number of amides is 1. The Morgan fingerprint density at radius 1 is 1.08 bits per heavy atom. The Morgan fingerprint density at radius 2 is 1.88 bits per heavy atom. The van der Waals surface area contributed by atoms with Gasteiger partial charge in [0.2, 0.25) is 5.89 Å². The molecule has 0 saturated carbocycles. The van der Waals surface area contributed by atoms with E-state index in [9.17, 15) is 9.59 Å². The summed E-state index contributed by atoms with van der Waals surface area (Å²) >= 11 is 0. The molecule has 1 aromatic heterocycles. The summed E-state index contributed by atoms with van der Waals surface area (Å²) in [6.45, 7) is 0. The lowest BCUT2D eigenvalue weighted by atomic mass is 10.2. The minimum absolute atomic E-state index is 0.144. The third-order valence-corrected chi connectivity index (χ3v) is 3.40. The van der Waals surface area contributed by atoms with Crippen LogP contribution in [0.15, 0.2) is 59.0 Å². The summed E-state index contributed by atoms with van der Waals surface area (Å²) in [6, 6.07) is 16.0. The topological polar surface area (TPSA) is 94.3 Å². The van der Waals surface area contributed by atoms with Crippen LogP contribution in [0, 0.1) is 0 Å². The van der Waals surface area contributed by atoms with E-state index in [1.165, 1.54) is 13.2 Å². The molecule has 1 heterocycles. The van der Waals surface area contributed by atoms with Gasteiger partial charge in [-0.15, -0.1) is 10.2 Å². The van der Waals surface area contributed by atoms with Crippen LogP contribution in [0.4, 0.5) is 5.69 Å². The highest BCUT2D eigenvalue weighted by atomic mass is 16.5. The average Bonchev–Trinajstić information content (AvgIpc) is 3.11. The van der Waals surface area contributed by atoms with Crippen molar-refractivity contribution in [2.45, 2.75) is 6.42 Å². The Bertz CT molecular complexity index is 890. The summed E-state index contributed by atoms with van der Waals surface area (Å²) in [5, 5.41) is 10.3. The van der Waals surface area contributed by atoms with Crippen LogP contribution in [-0.2, 0) is 11.2 Å². The molecule has 126 valence electrons. The van der Waals surface area contributed by atoms with Crippen molar-refractivity contribution < 1.29 is 18.7 Å². The molecule has 0 fully saturated rings. The molecule has 0 bridgehead atoms. The van der Waals surface area contributed by atoms with Gasteiger partial charge in [0.05, 0.1) is 19.1 Å². The number of hydrogen-bond donors (Lipinski definition) is 1. The van der Waals surface area contributed by atoms with Gasteiger partial charge in [-0.1, -0.05) is 36.4 Å². The largest absolute Gasteiger partial charge is 0.465 e. The van der Waals surface area contributed by atoms with Gasteiger partial charge in [0.15, 0.2) is 0 Å². The number of methoxy groups -OCH3 is 1. The number of carbonyl (C=O) groups excluding carboxylic acids is 2. The van der Waals surface area contributed by atoms with Gasteiger partial charge in [-0.2, -0.15) is 0 Å². The zero-order valence-corrected chi connectivity index (χ0v) is 13.4. The highest BCUT2D eigenvalue weighted by molar-refractivity contribution is 6.01. The van der Waals surface area contributed by atoms with Crippen molar-refractivity contribution in [2.24, 2.45) is 0 Å². The first-order valence-electron chi connectivity index (χ1n) is 7.52. The maximum absolute atomic E-state index is 12.2. The molecular weight excluding hydrogens is 322 g/mol. The number of aromatic nitrogens is 2. The van der Waals surface area contributed by atoms with Crippen molar-refractivity contribution in [2.75, 3.05) is 12.4 Å². The van der Waals surface area contributed by atoms with Crippen LogP contribution in [0.5, 0.6) is 0 Å². The maximum atomic E-state index is 12.2. The fourth-order valence-electron chi connectivity index (χ4n) is 2.21. The molecule has 0 aliphatic heterocycles. The van der Waals surface area contributed by atoms with E-state index < -0.39 is 11.9 Å². The Kier molecular flexibility index (Phi) is 4.84. The van der Waals surface area contributed by atoms with Gasteiger partial charge < -0.3 is 14.5 Å². The molecule has 0 aliphatic rings. The number of hydrogen-bond acceptors (Lipinski definition) is 6. The van der Waals surface area contributed by atoms with Crippen LogP contribution in [0.25, 0.3) is 0 Å². The molecular formula is C18H15N3O4. The summed E-state index contributed by atoms with van der Waals surface area (Å²) in [4.78, 5) is 23.7. The van der Waals surface area contributed by atoms with Gasteiger partial charge in [-0.3, -0.25) is 4.79 Å². The smallest absolute Gasteiger partial charge is 0.337 e. The molecule has 3 aromatic rings. The second kappa shape index (κ2) is 7.39. The van der Waals surface area contributed by atoms with E-state index in [4.69, 9.17) is 4.42 Å². The van der Waals surface area contributed by atoms with Crippen molar-refractivity contribution in [3.63, 3.8) is 0 Å². The third-order valence-electron chi connectivity index (χ3n) is 3.40. The number of esters is 1. The molecule has 7 nitrogen and oxygen atoms in total. The first-order valence-corrected chi connectivity index (χ1v) is 7.52. The molecule has 1 N–H and O–H groups in total. The lowest BCUT2D eigenvalue weighted by Gasteiger charge is -2.04. The zero-order valence-electron chi connectivity index (χ0n) is 13.4. The molecule has 2 aromatic carbocycles. The van der Waals surface area contributed by atoms with Gasteiger partial charge in [0, 0.05) is 5.69 Å². The molecule has 0 radical (unpaired) electrons. The summed E-state index contributed by atoms with van der Waals surface area (Å²) in [5.74, 6) is -0.832. The van der Waals surface area contributed by atoms with E-state index in [-0.39, 0.29) is 5.89 Å². The summed E-state index contributed by atoms with van der Waals surface area (Å²) < 4.78 is 10.0. The number of nitrogens with one attached hydrogen (secondary N) is 1. The normalized spacial score (nSPS) is 10.3. The van der Waals surface area contributed by atoms with Crippen LogP contribution < -0.4 is 5.32 Å². The van der Waals surface area contributed by atoms with Gasteiger partial charge in [-0.25, -0.2) is 4.79 Å². The number of rotatable bonds is 5. The number of anilines is 1. The van der Waals surface area contributed by atoms with Gasteiger partial charge >= 0.3 is 17.8 Å². The van der Waals surface area contributed by atoms with Crippen molar-refractivity contribution in [1.82, 2.24) is 10.2 Å². The number of ether oxygens (including phenoxy) is 1. The van der Waals surface area contributed by atoms with Crippen molar-refractivity contribution in [3.05, 3.63) is 77.5 Å². The summed E-state index contributed by atoms with van der Waals surface area (Å²) in [7, 11) is 1.29. The van der Waals surface area contributed by atoms with E-state index in [1.54, 1.807) is 18.2 Å². The van der Waals surface area contributed by atoms with E-state index in [0.29, 0.717) is 23.6 Å². The lowest BCUT2D eigenvalue weighted by molar-refractivity contribution is 0.0600. The Labute approximate surface area is 143 Å². The number of nitrogens with zero attached hydrogens (tertiary/aromatic N) is 2. The van der Waals surface area contributed by atoms with Crippen LogP contribution in [0.2, 0.25) is 0 Å². The SMILES string of the molecule is COC(=O)c1cccc(NC(=O)c2nnc(Cc3ccccc3)o2)c1. The molecule has 0 aliphatic carbocycles. The molecule has 3 rings (SSSR count). The van der Waals surface area contributed by atoms with Crippen LogP contribution in [0.1, 0.15) is 32.5 Å². The van der Waals surface area contributed by atoms with E-state index >= 15 is 0 Å². The Hall–Kier alpha value is -3.48. The fourth-order valence-corrected chi connectivity index (χ4v) is 2.21. The number of carbonyl (C=O) groups is 2. The Morgan fingerprint density at radius 3 is 2.64 bits per heavy atom. The second-order valence-corrected chi connectivity index (χ2v) is 5.19. The lowest BCUT2D eigenvalue weighted by Crippen LogP contribution is -2.13. The predicted octanol–water partition coefficient (Wildman–Crippen LogP) is 2.70. The monoisotopic (exact) mass is 337 g/mol. The van der Waals surface area contributed by atoms with Gasteiger partial charge in [0.1, 0.15) is 0 Å². The van der Waals surface area contributed by atoms with Crippen molar-refractivity contribution in [3.8, 4) is 0 Å². The summed E-state index contributed by atoms with van der Waals surface area (Å²) in [5.41, 5.74) is 1.76. The van der Waals surface area contributed by atoms with Gasteiger partial charge in [-0.05, 0) is 23.8 Å². The molecule has 25 heavy (non-hydrogen) atoms. The summed E-state index contributed by atoms with van der Waals surface area (Å²) in [6.07, 6.45) is 0.443. The molecule has 0 saturated heterocycles. The molecule has 0 spiro atoms. The third kappa shape index (κ3) is 4.08. The number of benzene rings is 2. The van der Waals surface area contributed by atoms with Gasteiger partial charge in [0.25, 0.3) is 0 Å². The zero-order chi connectivity index (χ0) is 17.6. The van der Waals surface area contributed by atoms with E-state index in [1.807, 2.05) is 30.3 Å². The minimum atomic E-state index is -0.547. The van der Waals surface area contributed by atoms with E-state index in [0.717, 1.165) is 5.56 Å². The first kappa shape index (κ1) is 16.4. The fraction of sp³-hybridized carbons (Fsp3) is 0.111. The molecule has 0 atom stereocenters. The molecule has 1 amide bonds. The van der Waals surface area contributed by atoms with Crippen LogP contribution in [0.3, 0.4) is 0 Å². The molecule has 7 heteroatoms. The molecule has 0 unspecified atom stereocenters. The van der Waals surface area contributed by atoms with Crippen molar-refractivity contribution >= 4 is 17.6 Å². The minimum Gasteiger partial charge on any atom is -0.465 e. The quantitative estimate of drug-likeness (QED) is 0.719. The Balaban J connectivity index is 1.69. The maximum Gasteiger partial charge on any atom is 0.337 e. The van der Waals surface area contributed by atoms with Crippen LogP contribution in [-0.4, -0.2) is 29.2 Å². The van der Waals surface area contributed by atoms with E-state index in [2.05, 4.69) is 20.3 Å². The second-order valence-electron chi connectivity index (χ2n) is 5.19. The average molecular weight is 337 g/mol. The highest BCUT2D eigenvalue weighted by Crippen LogP contribution is 2.14. The van der Waals surface area contributed by atoms with Crippen LogP contribution >= 0.6 is 0 Å². The predicted molar refractivity (Wildman–Crippen MR) is 89.3 cm³/mol. The first-order chi connectivity index (χ1) is 12.2. The standard InChI is InChI=1S/C18H15N3O4/c1-24-18(23)13-8-5-9-14(11-13)19-16(22)17-21-20-15(25-17)10-12-6-3-2-4-7-12/h2-9,11H,10H2,1H3,(H,19,22). The van der Waals surface area contributed by atoms with Crippen molar-refractivity contribution in [1.29, 1.82) is 0 Å². The highest BCUT2D eigenvalue weighted by Gasteiger charge is 2.16.